The van der Waals surface area contributed by atoms with Crippen molar-refractivity contribution >= 4 is 28.4 Å². The van der Waals surface area contributed by atoms with Crippen LogP contribution < -0.4 is 16.2 Å². The van der Waals surface area contributed by atoms with Crippen molar-refractivity contribution in [3.63, 3.8) is 0 Å². The van der Waals surface area contributed by atoms with Crippen molar-refractivity contribution in [2.45, 2.75) is 51.9 Å². The number of carbonyl (C=O) groups excluding carboxylic acids is 2. The average Bonchev–Trinajstić information content (AvgIpc) is 2.91. The zero-order valence-electron chi connectivity index (χ0n) is 23.1. The molecule has 3 saturated heterocycles. The third-order valence-corrected chi connectivity index (χ3v) is 8.41. The van der Waals surface area contributed by atoms with Crippen molar-refractivity contribution in [1.29, 1.82) is 0 Å². The van der Waals surface area contributed by atoms with E-state index in [2.05, 4.69) is 50.5 Å². The summed E-state index contributed by atoms with van der Waals surface area (Å²) >= 11 is 0. The van der Waals surface area contributed by atoms with Crippen molar-refractivity contribution in [2.75, 3.05) is 44.7 Å². The fraction of sp³-hybridized carbons (Fsp3) is 0.467. The SMILES string of the molecule is Cc1cc(CNc2cccc3nc(C)n(C4CCC(=O)NC4=O)c(=O)c23)ccc1CN1CC(N2CCOCC2)C1. The molecule has 210 valence electrons. The van der Waals surface area contributed by atoms with Gasteiger partial charge in [-0.2, -0.15) is 0 Å². The van der Waals surface area contributed by atoms with Crippen LogP contribution in [0.1, 0.15) is 41.4 Å². The number of morpholine rings is 1. The number of aromatic nitrogens is 2. The van der Waals surface area contributed by atoms with Gasteiger partial charge in [-0.1, -0.05) is 24.3 Å². The van der Waals surface area contributed by atoms with Gasteiger partial charge in [0.25, 0.3) is 5.56 Å². The molecule has 2 N–H and O–H groups in total. The van der Waals surface area contributed by atoms with Gasteiger partial charge in [-0.3, -0.25) is 34.1 Å². The van der Waals surface area contributed by atoms with Gasteiger partial charge < -0.3 is 10.1 Å². The second kappa shape index (κ2) is 11.1. The Morgan fingerprint density at radius 1 is 1.07 bits per heavy atom. The maximum absolute atomic E-state index is 13.7. The zero-order valence-corrected chi connectivity index (χ0v) is 23.1. The number of piperidine rings is 1. The van der Waals surface area contributed by atoms with Crippen molar-refractivity contribution in [3.05, 3.63) is 69.3 Å². The van der Waals surface area contributed by atoms with Gasteiger partial charge >= 0.3 is 0 Å². The maximum atomic E-state index is 13.7. The molecule has 3 aliphatic rings. The second-order valence-corrected chi connectivity index (χ2v) is 11.1. The topological polar surface area (TPSA) is 109 Å². The van der Waals surface area contributed by atoms with Gasteiger partial charge in [0.1, 0.15) is 11.9 Å². The van der Waals surface area contributed by atoms with Gasteiger partial charge in [0.05, 0.1) is 24.1 Å². The molecule has 3 fully saturated rings. The van der Waals surface area contributed by atoms with E-state index in [1.165, 1.54) is 15.7 Å². The first-order chi connectivity index (χ1) is 19.4. The molecular formula is C30H36N6O4. The van der Waals surface area contributed by atoms with E-state index in [0.717, 1.165) is 51.5 Å². The van der Waals surface area contributed by atoms with Gasteiger partial charge in [-0.05, 0) is 49.1 Å². The molecular weight excluding hydrogens is 508 g/mol. The van der Waals surface area contributed by atoms with Crippen LogP contribution in [0.5, 0.6) is 0 Å². The maximum Gasteiger partial charge on any atom is 0.264 e. The molecule has 0 spiro atoms. The molecule has 0 radical (unpaired) electrons. The highest BCUT2D eigenvalue weighted by molar-refractivity contribution is 5.99. The summed E-state index contributed by atoms with van der Waals surface area (Å²) in [6.45, 7) is 11.3. The molecule has 3 aliphatic heterocycles. The lowest BCUT2D eigenvalue weighted by Gasteiger charge is -2.46. The number of imide groups is 1. The third kappa shape index (κ3) is 5.26. The summed E-state index contributed by atoms with van der Waals surface area (Å²) < 4.78 is 6.90. The minimum Gasteiger partial charge on any atom is -0.380 e. The molecule has 1 aromatic heterocycles. The molecule has 40 heavy (non-hydrogen) atoms. The number of ether oxygens (including phenoxy) is 1. The second-order valence-electron chi connectivity index (χ2n) is 11.1. The molecule has 2 amide bonds. The number of rotatable bonds is 7. The number of nitrogens with one attached hydrogen (secondary N) is 2. The van der Waals surface area contributed by atoms with Crippen LogP contribution in [0.3, 0.4) is 0 Å². The first kappa shape index (κ1) is 26.6. The number of nitrogens with zero attached hydrogens (tertiary/aromatic N) is 4. The summed E-state index contributed by atoms with van der Waals surface area (Å²) in [5.74, 6) is -0.321. The Hall–Kier alpha value is -3.60. The highest BCUT2D eigenvalue weighted by Gasteiger charge is 2.33. The number of fused-ring (bicyclic) bond motifs is 1. The van der Waals surface area contributed by atoms with Crippen molar-refractivity contribution in [2.24, 2.45) is 0 Å². The van der Waals surface area contributed by atoms with Gasteiger partial charge in [0, 0.05) is 57.4 Å². The van der Waals surface area contributed by atoms with Crippen LogP contribution in [-0.4, -0.2) is 76.6 Å². The number of amides is 2. The number of hydrogen-bond acceptors (Lipinski definition) is 8. The predicted octanol–water partition coefficient (Wildman–Crippen LogP) is 2.12. The lowest BCUT2D eigenvalue weighted by Crippen LogP contribution is -2.60. The number of benzene rings is 2. The Morgan fingerprint density at radius 3 is 2.62 bits per heavy atom. The van der Waals surface area contributed by atoms with Crippen molar-refractivity contribution < 1.29 is 14.3 Å². The highest BCUT2D eigenvalue weighted by Crippen LogP contribution is 2.25. The molecule has 1 unspecified atom stereocenters. The van der Waals surface area contributed by atoms with Crippen LogP contribution in [-0.2, 0) is 27.4 Å². The number of likely N-dealkylation sites (tertiary alicyclic amines) is 1. The van der Waals surface area contributed by atoms with Crippen molar-refractivity contribution in [1.82, 2.24) is 24.7 Å². The van der Waals surface area contributed by atoms with E-state index in [0.29, 0.717) is 35.0 Å². The van der Waals surface area contributed by atoms with Crippen LogP contribution in [0.4, 0.5) is 5.69 Å². The van der Waals surface area contributed by atoms with Crippen LogP contribution >= 0.6 is 0 Å². The highest BCUT2D eigenvalue weighted by atomic mass is 16.5. The Morgan fingerprint density at radius 2 is 1.88 bits per heavy atom. The Kier molecular flexibility index (Phi) is 7.39. The smallest absolute Gasteiger partial charge is 0.264 e. The van der Waals surface area contributed by atoms with E-state index in [-0.39, 0.29) is 24.3 Å². The van der Waals surface area contributed by atoms with Gasteiger partial charge in [0.15, 0.2) is 0 Å². The molecule has 3 aromatic rings. The summed E-state index contributed by atoms with van der Waals surface area (Å²) in [6.07, 6.45) is 0.479. The average molecular weight is 545 g/mol. The van der Waals surface area contributed by atoms with Gasteiger partial charge in [-0.25, -0.2) is 4.98 Å². The fourth-order valence-corrected chi connectivity index (χ4v) is 6.13. The summed E-state index contributed by atoms with van der Waals surface area (Å²) in [4.78, 5) is 47.5. The van der Waals surface area contributed by atoms with E-state index in [9.17, 15) is 14.4 Å². The lowest BCUT2D eigenvalue weighted by atomic mass is 10.0. The zero-order chi connectivity index (χ0) is 27.8. The molecule has 10 heteroatoms. The molecule has 0 bridgehead atoms. The normalized spacial score (nSPS) is 20.9. The minimum atomic E-state index is -0.749. The van der Waals surface area contributed by atoms with Gasteiger partial charge in [-0.15, -0.1) is 0 Å². The monoisotopic (exact) mass is 544 g/mol. The van der Waals surface area contributed by atoms with Crippen LogP contribution in [0, 0.1) is 13.8 Å². The minimum absolute atomic E-state index is 0.196. The van der Waals surface area contributed by atoms with E-state index in [4.69, 9.17) is 4.74 Å². The number of hydrogen-bond donors (Lipinski definition) is 2. The lowest BCUT2D eigenvalue weighted by molar-refractivity contribution is -0.135. The first-order valence-electron chi connectivity index (χ1n) is 14.1. The third-order valence-electron chi connectivity index (χ3n) is 8.41. The van der Waals surface area contributed by atoms with Crippen LogP contribution in [0.25, 0.3) is 10.9 Å². The molecule has 10 nitrogen and oxygen atoms in total. The van der Waals surface area contributed by atoms with Crippen molar-refractivity contribution in [3.8, 4) is 0 Å². The largest absolute Gasteiger partial charge is 0.380 e. The van der Waals surface area contributed by atoms with E-state index >= 15 is 0 Å². The van der Waals surface area contributed by atoms with Gasteiger partial charge in [0.2, 0.25) is 11.8 Å². The summed E-state index contributed by atoms with van der Waals surface area (Å²) in [7, 11) is 0. The summed E-state index contributed by atoms with van der Waals surface area (Å²) in [6, 6.07) is 12.0. The Labute approximate surface area is 233 Å². The number of aryl methyl sites for hydroxylation is 2. The molecule has 4 heterocycles. The standard InChI is InChI=1S/C30H36N6O4/c1-19-14-21(6-7-22(19)16-34-17-23(18-34)35-10-12-40-13-11-35)15-31-24-4-3-5-25-28(24)30(39)36(20(2)32-25)26-8-9-27(37)33-29(26)38/h3-7,14,23,26,31H,8-13,15-18H2,1-2H3,(H,33,37,38). The van der Waals surface area contributed by atoms with E-state index in [1.54, 1.807) is 6.92 Å². The molecule has 1 atom stereocenters. The molecule has 2 aromatic carbocycles. The summed E-state index contributed by atoms with van der Waals surface area (Å²) in [5.41, 5.74) is 4.68. The molecule has 0 saturated carbocycles. The van der Waals surface area contributed by atoms with Crippen LogP contribution in [0.2, 0.25) is 0 Å². The Bertz CT molecular complexity index is 1510. The number of carbonyl (C=O) groups is 2. The summed E-state index contributed by atoms with van der Waals surface area (Å²) in [5, 5.41) is 6.22. The molecule has 6 rings (SSSR count). The quantitative estimate of drug-likeness (QED) is 0.436. The fourth-order valence-electron chi connectivity index (χ4n) is 6.13. The molecule has 0 aliphatic carbocycles. The van der Waals surface area contributed by atoms with E-state index in [1.807, 2.05) is 18.2 Å². The van der Waals surface area contributed by atoms with E-state index < -0.39 is 11.9 Å². The predicted molar refractivity (Wildman–Crippen MR) is 152 cm³/mol. The van der Waals surface area contributed by atoms with Crippen LogP contribution in [0.15, 0.2) is 41.2 Å². The Balaban J connectivity index is 1.15. The number of anilines is 1. The first-order valence-corrected chi connectivity index (χ1v) is 14.1.